The van der Waals surface area contributed by atoms with Crippen LogP contribution in [0.15, 0.2) is 47.2 Å². The van der Waals surface area contributed by atoms with Crippen LogP contribution in [0.1, 0.15) is 46.0 Å². The summed E-state index contributed by atoms with van der Waals surface area (Å²) < 4.78 is 11.5. The number of aromatic nitrogens is 2. The van der Waals surface area contributed by atoms with Gasteiger partial charge in [0.15, 0.2) is 5.76 Å². The van der Waals surface area contributed by atoms with Gasteiger partial charge in [0.05, 0.1) is 24.8 Å². The molecule has 3 heterocycles. The monoisotopic (exact) mass is 550 g/mol. The van der Waals surface area contributed by atoms with E-state index < -0.39 is 12.1 Å². The maximum Gasteiger partial charge on any atom is 0.321 e. The highest BCUT2D eigenvalue weighted by Crippen LogP contribution is 2.31. The summed E-state index contributed by atoms with van der Waals surface area (Å²) in [5.41, 5.74) is 2.17. The third kappa shape index (κ3) is 6.23. The number of nitrogens with one attached hydrogen (secondary N) is 2. The van der Waals surface area contributed by atoms with E-state index in [1.807, 2.05) is 6.92 Å². The average Bonchev–Trinajstić information content (AvgIpc) is 3.27. The highest BCUT2D eigenvalue weighted by Gasteiger charge is 2.34. The second-order valence-electron chi connectivity index (χ2n) is 10.0. The molecule has 4 rings (SSSR count). The Bertz CT molecular complexity index is 1360. The standard InChI is InChI=1S/C28H34N6O6/c1-16-13-34(17(2)15-35)27(37)22-12-21(30-26(36)20-8-10-29-11-9-20)6-7-23(22)39-24(16)14-33(5)28(38)31-25-18(3)32-40-19(25)4/h6-12,16-17,24,35H,13-15H2,1-5H3,(H,30,36)(H,31,38)/t16-,17+,24+/m1/s1. The Morgan fingerprint density at radius 1 is 1.20 bits per heavy atom. The third-order valence-electron chi connectivity index (χ3n) is 6.93. The fourth-order valence-corrected chi connectivity index (χ4v) is 4.44. The number of nitrogens with zero attached hydrogens (tertiary/aromatic N) is 4. The van der Waals surface area contributed by atoms with Gasteiger partial charge in [0, 0.05) is 43.2 Å². The second kappa shape index (κ2) is 12.2. The number of benzene rings is 1. The minimum Gasteiger partial charge on any atom is -0.487 e. The van der Waals surface area contributed by atoms with E-state index in [4.69, 9.17) is 9.26 Å². The number of ether oxygens (including phenoxy) is 1. The molecule has 0 bridgehead atoms. The molecule has 3 atom stereocenters. The topological polar surface area (TPSA) is 150 Å². The van der Waals surface area contributed by atoms with E-state index in [2.05, 4.69) is 20.8 Å². The van der Waals surface area contributed by atoms with Gasteiger partial charge < -0.3 is 34.8 Å². The van der Waals surface area contributed by atoms with Crippen LogP contribution >= 0.6 is 0 Å². The van der Waals surface area contributed by atoms with E-state index in [0.29, 0.717) is 34.1 Å². The Labute approximate surface area is 232 Å². The van der Waals surface area contributed by atoms with Gasteiger partial charge in [-0.1, -0.05) is 12.1 Å². The van der Waals surface area contributed by atoms with E-state index in [-0.39, 0.29) is 49.0 Å². The highest BCUT2D eigenvalue weighted by atomic mass is 16.5. The Morgan fingerprint density at radius 2 is 1.93 bits per heavy atom. The normalized spacial score (nSPS) is 17.6. The molecule has 12 nitrogen and oxygen atoms in total. The summed E-state index contributed by atoms with van der Waals surface area (Å²) in [4.78, 5) is 46.3. The van der Waals surface area contributed by atoms with Crippen LogP contribution in [0.4, 0.5) is 16.2 Å². The maximum absolute atomic E-state index is 13.6. The molecular formula is C28H34N6O6. The molecule has 4 amide bonds. The number of likely N-dealkylation sites (N-methyl/N-ethyl adjacent to an activating group) is 1. The van der Waals surface area contributed by atoms with Gasteiger partial charge in [0.25, 0.3) is 11.8 Å². The van der Waals surface area contributed by atoms with Crippen molar-refractivity contribution in [2.75, 3.05) is 37.4 Å². The van der Waals surface area contributed by atoms with E-state index >= 15 is 0 Å². The van der Waals surface area contributed by atoms with Crippen molar-refractivity contribution in [1.82, 2.24) is 19.9 Å². The Morgan fingerprint density at radius 3 is 2.58 bits per heavy atom. The Hall–Kier alpha value is -4.45. The van der Waals surface area contributed by atoms with E-state index in [1.165, 1.54) is 17.3 Å². The van der Waals surface area contributed by atoms with Crippen LogP contribution in [0.2, 0.25) is 0 Å². The van der Waals surface area contributed by atoms with Crippen LogP contribution in [0.3, 0.4) is 0 Å². The molecule has 0 spiro atoms. The first-order valence-corrected chi connectivity index (χ1v) is 13.0. The molecule has 0 aliphatic carbocycles. The smallest absolute Gasteiger partial charge is 0.321 e. The highest BCUT2D eigenvalue weighted by molar-refractivity contribution is 6.05. The van der Waals surface area contributed by atoms with E-state index in [9.17, 15) is 19.5 Å². The quantitative estimate of drug-likeness (QED) is 0.405. The molecule has 3 N–H and O–H groups in total. The second-order valence-corrected chi connectivity index (χ2v) is 10.0. The number of aryl methyl sites for hydroxylation is 2. The molecule has 12 heteroatoms. The fourth-order valence-electron chi connectivity index (χ4n) is 4.44. The minimum atomic E-state index is -0.488. The molecule has 1 aliphatic heterocycles. The van der Waals surface area contributed by atoms with Crippen molar-refractivity contribution in [2.45, 2.75) is 39.8 Å². The number of rotatable bonds is 7. The first-order valence-electron chi connectivity index (χ1n) is 13.0. The molecule has 212 valence electrons. The zero-order valence-electron chi connectivity index (χ0n) is 23.2. The van der Waals surface area contributed by atoms with Gasteiger partial charge in [0.2, 0.25) is 0 Å². The molecule has 0 unspecified atom stereocenters. The molecule has 2 aromatic heterocycles. The molecule has 1 aliphatic rings. The van der Waals surface area contributed by atoms with Gasteiger partial charge in [-0.3, -0.25) is 14.6 Å². The number of carbonyl (C=O) groups excluding carboxylic acids is 3. The summed E-state index contributed by atoms with van der Waals surface area (Å²) in [7, 11) is 1.65. The molecule has 0 saturated heterocycles. The lowest BCUT2D eigenvalue weighted by Crippen LogP contribution is -2.50. The Kier molecular flexibility index (Phi) is 8.68. The zero-order chi connectivity index (χ0) is 29.0. The largest absolute Gasteiger partial charge is 0.487 e. The first-order chi connectivity index (χ1) is 19.1. The predicted octanol–water partition coefficient (Wildman–Crippen LogP) is 3.32. The van der Waals surface area contributed by atoms with Crippen molar-refractivity contribution in [2.24, 2.45) is 5.92 Å². The molecule has 3 aromatic rings. The molecule has 0 fully saturated rings. The zero-order valence-corrected chi connectivity index (χ0v) is 23.2. The molecule has 0 saturated carbocycles. The van der Waals surface area contributed by atoms with Crippen LogP contribution in [0, 0.1) is 19.8 Å². The molecular weight excluding hydrogens is 516 g/mol. The van der Waals surface area contributed by atoms with Gasteiger partial charge in [0.1, 0.15) is 23.2 Å². The summed E-state index contributed by atoms with van der Waals surface area (Å²) in [6.45, 7) is 7.43. The average molecular weight is 551 g/mol. The van der Waals surface area contributed by atoms with Gasteiger partial charge in [-0.2, -0.15) is 0 Å². The molecule has 1 aromatic carbocycles. The van der Waals surface area contributed by atoms with Gasteiger partial charge >= 0.3 is 6.03 Å². The van der Waals surface area contributed by atoms with Gasteiger partial charge in [-0.15, -0.1) is 0 Å². The van der Waals surface area contributed by atoms with Crippen molar-refractivity contribution in [3.63, 3.8) is 0 Å². The van der Waals surface area contributed by atoms with Crippen molar-refractivity contribution >= 4 is 29.2 Å². The van der Waals surface area contributed by atoms with E-state index in [1.54, 1.807) is 63.1 Å². The van der Waals surface area contributed by atoms with Crippen molar-refractivity contribution < 1.29 is 28.8 Å². The summed E-state index contributed by atoms with van der Waals surface area (Å²) in [5.74, 6) is -0.0433. The van der Waals surface area contributed by atoms with Crippen LogP contribution in [0.25, 0.3) is 0 Å². The number of hydrogen-bond acceptors (Lipinski definition) is 8. The fraction of sp³-hybridized carbons (Fsp3) is 0.393. The SMILES string of the molecule is Cc1noc(C)c1NC(=O)N(C)C[C@@H]1Oc2ccc(NC(=O)c3ccncc3)cc2C(=O)N([C@@H](C)CO)C[C@H]1C. The number of aliphatic hydroxyl groups excluding tert-OH is 1. The molecule has 40 heavy (non-hydrogen) atoms. The lowest BCUT2D eigenvalue weighted by Gasteiger charge is -2.38. The number of fused-ring (bicyclic) bond motifs is 1. The number of carbonyl (C=O) groups is 3. The van der Waals surface area contributed by atoms with Crippen LogP contribution < -0.4 is 15.4 Å². The first kappa shape index (κ1) is 28.6. The number of hydrogen-bond donors (Lipinski definition) is 3. The lowest BCUT2D eigenvalue weighted by atomic mass is 9.99. The Balaban J connectivity index is 1.59. The number of anilines is 2. The predicted molar refractivity (Wildman–Crippen MR) is 147 cm³/mol. The minimum absolute atomic E-state index is 0.188. The summed E-state index contributed by atoms with van der Waals surface area (Å²) >= 11 is 0. The number of aliphatic hydroxyl groups is 1. The summed E-state index contributed by atoms with van der Waals surface area (Å²) in [5, 5.41) is 19.4. The van der Waals surface area contributed by atoms with Crippen LogP contribution in [0.5, 0.6) is 5.75 Å². The van der Waals surface area contributed by atoms with Crippen LogP contribution in [-0.2, 0) is 0 Å². The van der Waals surface area contributed by atoms with Crippen molar-refractivity contribution in [1.29, 1.82) is 0 Å². The van der Waals surface area contributed by atoms with Gasteiger partial charge in [-0.05, 0) is 51.1 Å². The van der Waals surface area contributed by atoms with Crippen molar-refractivity contribution in [3.8, 4) is 5.75 Å². The third-order valence-corrected chi connectivity index (χ3v) is 6.93. The van der Waals surface area contributed by atoms with Crippen LogP contribution in [-0.4, -0.2) is 81.8 Å². The lowest BCUT2D eigenvalue weighted by molar-refractivity contribution is 0.0371. The number of amides is 4. The van der Waals surface area contributed by atoms with Gasteiger partial charge in [-0.25, -0.2) is 4.79 Å². The van der Waals surface area contributed by atoms with E-state index in [0.717, 1.165) is 0 Å². The summed E-state index contributed by atoms with van der Waals surface area (Å²) in [6, 6.07) is 7.21. The maximum atomic E-state index is 13.6. The number of pyridine rings is 1. The number of urea groups is 1. The molecule has 0 radical (unpaired) electrons. The van der Waals surface area contributed by atoms with Crippen molar-refractivity contribution in [3.05, 3.63) is 65.3 Å². The summed E-state index contributed by atoms with van der Waals surface area (Å²) in [6.07, 6.45) is 2.56.